The number of thiophene rings is 3. The third-order valence-corrected chi connectivity index (χ3v) is 37.0. The Morgan fingerprint density at radius 1 is 0.448 bits per heavy atom. The molecule has 0 bridgehead atoms. The Morgan fingerprint density at radius 3 is 1.12 bits per heavy atom. The molecule has 17 rings (SSSR count). The molecule has 17 aromatic rings. The SMILES string of the molecule is C=C(Cn1c(=O)n(C(C)(C)C(=O)OCc2ccccc2)c(=O)c2c(C)c(-n3nccn3)sc21)c1cc(F)ccc1OC.COc1ccc(F)cc1C(=O)Cn1c(=O)n(C(C)(C)C(=O)OCc2ccccc2)c(=O)c2c(C)c(-n3nccn3)sc21.COc1ccc(F)cc1C(O)(CO)Cn1c(=O)n(C(C)(C)C(=O)CC(C)C)c(=O)c2c(C)c(-n3nccn3)sc21.CP(Br)(c1ccccc1)(c1ccccc1)c1ccccc1. The van der Waals surface area contributed by atoms with Gasteiger partial charge in [-0.05, 0) is 140 Å². The van der Waals surface area contributed by atoms with Crippen LogP contribution in [-0.4, -0.2) is 141 Å². The van der Waals surface area contributed by atoms with E-state index < -0.39 is 116 Å². The van der Waals surface area contributed by atoms with Gasteiger partial charge in [0.05, 0.1) is 106 Å². The first kappa shape index (κ1) is 106. The second kappa shape index (κ2) is 43.4. The van der Waals surface area contributed by atoms with E-state index in [-0.39, 0.29) is 86.3 Å². The monoisotopic (exact) mass is 2110 g/mol. The van der Waals surface area contributed by atoms with Crippen molar-refractivity contribution in [2.75, 3.05) is 34.6 Å². The van der Waals surface area contributed by atoms with Gasteiger partial charge < -0.3 is 33.9 Å². The third kappa shape index (κ3) is 21.0. The zero-order chi connectivity index (χ0) is 105. The first-order valence-electron chi connectivity index (χ1n) is 45.4. The number of aromatic nitrogens is 15. The number of halogens is 4. The van der Waals surface area contributed by atoms with Gasteiger partial charge in [-0.1, -0.05) is 115 Å². The van der Waals surface area contributed by atoms with Crippen LogP contribution in [0.2, 0.25) is 0 Å². The van der Waals surface area contributed by atoms with Crippen LogP contribution in [-0.2, 0) is 78.9 Å². The maximum absolute atomic E-state index is 14.3. The molecule has 0 saturated heterocycles. The summed E-state index contributed by atoms with van der Waals surface area (Å²) in [5.74, 6) is -3.85. The number of rotatable bonds is 31. The van der Waals surface area contributed by atoms with Crippen molar-refractivity contribution in [2.24, 2.45) is 5.92 Å². The van der Waals surface area contributed by atoms with Crippen LogP contribution >= 0.6 is 54.8 Å². The topological polar surface area (TPSA) is 379 Å². The number of aliphatic hydroxyl groups is 2. The first-order chi connectivity index (χ1) is 69.0. The minimum atomic E-state index is -2.56. The molecule has 32 nitrogen and oxygen atoms in total. The fourth-order valence-electron chi connectivity index (χ4n) is 16.8. The van der Waals surface area contributed by atoms with E-state index in [9.17, 15) is 71.3 Å². The van der Waals surface area contributed by atoms with Crippen molar-refractivity contribution in [3.8, 4) is 32.3 Å². The molecule has 9 aromatic heterocycles. The van der Waals surface area contributed by atoms with Gasteiger partial charge in [0, 0.05) is 34.2 Å². The number of esters is 2. The van der Waals surface area contributed by atoms with Gasteiger partial charge in [-0.15, -0.1) is 14.4 Å². The number of fused-ring (bicyclic) bond motifs is 3. The third-order valence-electron chi connectivity index (χ3n) is 24.9. The Morgan fingerprint density at radius 2 is 0.766 bits per heavy atom. The number of aliphatic hydroxyl groups excluding tert-OH is 1. The summed E-state index contributed by atoms with van der Waals surface area (Å²) in [4.78, 5) is 143. The van der Waals surface area contributed by atoms with Crippen molar-refractivity contribution in [1.29, 1.82) is 0 Å². The Balaban J connectivity index is 0.000000157. The molecule has 2 N–H and O–H groups in total. The van der Waals surface area contributed by atoms with Gasteiger partial charge in [-0.25, -0.2) is 50.8 Å². The van der Waals surface area contributed by atoms with E-state index in [1.54, 1.807) is 57.2 Å². The maximum atomic E-state index is 14.3. The van der Waals surface area contributed by atoms with Crippen LogP contribution in [0.5, 0.6) is 17.2 Å². The van der Waals surface area contributed by atoms with Crippen LogP contribution in [0.4, 0.5) is 13.2 Å². The first-order valence-corrected chi connectivity index (χ1v) is 52.5. The van der Waals surface area contributed by atoms with Crippen molar-refractivity contribution in [3.63, 3.8) is 0 Å². The number of allylic oxidation sites excluding steroid dienone is 1. The second-order valence-corrected chi connectivity index (χ2v) is 48.8. The van der Waals surface area contributed by atoms with E-state index in [1.165, 1.54) is 165 Å². The molecule has 40 heteroatoms. The van der Waals surface area contributed by atoms with Gasteiger partial charge in [0.1, 0.15) is 99.6 Å². The molecule has 1 unspecified atom stereocenters. The van der Waals surface area contributed by atoms with Crippen LogP contribution in [0.25, 0.3) is 51.2 Å². The molecule has 1 atom stereocenters. The van der Waals surface area contributed by atoms with Crippen molar-refractivity contribution in [3.05, 3.63) is 374 Å². The molecule has 0 saturated carbocycles. The number of hydrogen-bond donors (Lipinski definition) is 2. The standard InChI is InChI=1S/C30H28FN5O5S.C29H26FN5O6S.C27H32FN5O6S.C19H18BrP/c1-18(22-15-21(31)11-12-23(22)40-5)16-34-27-24(19(2)26(42-27)36-32-13-14-33-36)25(37)35(29(34)39)30(3,4)28(38)41-17-20-9-7-6-8-10-20;1-17-23-24(37)34(29(2,3)27(38)41-16-18-8-6-5-7-9-18)28(39)33(26(23)42-25(17)35-31-12-13-32-35)15-21(36)20-14-19(30)10-11-22(20)40-4;1-15(2)11-20(35)26(4,5)32-22(36)21-16(3)23(33-29-9-10-30-33)40-24(21)31(25(32)37)13-27(38,14-34)18-12-17(28)7-8-19(18)39-6;1-21(20,17-11-5-2-6-12-17,18-13-7-3-8-14-18)19-15-9-4-10-16-19/h6-15H,1,16-17H2,2-5H3;5-14H,15-16H2,1-4H3;7-10,12,15,34,38H,11,13-14H2,1-6H3;2-16H,1H3. The summed E-state index contributed by atoms with van der Waals surface area (Å²) in [5, 5.41) is 50.3. The molecule has 0 amide bonds. The fourth-order valence-corrected chi connectivity index (χ4v) is 26.1. The zero-order valence-electron chi connectivity index (χ0n) is 81.7. The van der Waals surface area contributed by atoms with E-state index in [1.807, 2.05) is 38.1 Å². The van der Waals surface area contributed by atoms with Gasteiger partial charge >= 0.3 is 163 Å². The Kier molecular flexibility index (Phi) is 31.7. The normalized spacial score (nSPS) is 12.4. The molecule has 0 aliphatic carbocycles. The van der Waals surface area contributed by atoms with Crippen LogP contribution in [0.1, 0.15) is 111 Å². The van der Waals surface area contributed by atoms with E-state index in [2.05, 4.69) is 150 Å². The summed E-state index contributed by atoms with van der Waals surface area (Å²) in [6.07, 6.45) is 8.97. The number of carbonyl (C=O) groups excluding carboxylic acids is 4. The van der Waals surface area contributed by atoms with Gasteiger partial charge in [-0.2, -0.15) is 30.6 Å². The van der Waals surface area contributed by atoms with Crippen molar-refractivity contribution < 1.29 is 66.2 Å². The molecule has 0 fully saturated rings. The molecule has 9 heterocycles. The van der Waals surface area contributed by atoms with Gasteiger partial charge in [-0.3, -0.25) is 37.7 Å². The second-order valence-electron chi connectivity index (χ2n) is 36.1. The van der Waals surface area contributed by atoms with Crippen molar-refractivity contribution in [1.82, 2.24) is 72.4 Å². The summed E-state index contributed by atoms with van der Waals surface area (Å²) in [7, 11) is 4.11. The van der Waals surface area contributed by atoms with Gasteiger partial charge in [0.25, 0.3) is 16.7 Å². The van der Waals surface area contributed by atoms with E-state index in [0.29, 0.717) is 53.4 Å². The zero-order valence-corrected chi connectivity index (χ0v) is 86.7. The summed E-state index contributed by atoms with van der Waals surface area (Å²) in [6, 6.07) is 61.3. The molecule has 145 heavy (non-hydrogen) atoms. The minimum absolute atomic E-state index is 0.0197. The Bertz CT molecular complexity index is 7730. The number of ketones is 2. The summed E-state index contributed by atoms with van der Waals surface area (Å²) in [5.41, 5.74) is -8.36. The summed E-state index contributed by atoms with van der Waals surface area (Å²) >= 11 is 7.47. The van der Waals surface area contributed by atoms with Gasteiger partial charge in [0.2, 0.25) is 0 Å². The van der Waals surface area contributed by atoms with Crippen molar-refractivity contribution >= 4 is 130 Å². The number of carbonyl (C=O) groups is 4. The van der Waals surface area contributed by atoms with Gasteiger partial charge in [0.15, 0.2) is 11.6 Å². The number of Topliss-reactive ketones (excluding diaryl/α,β-unsaturated/α-hetero) is 2. The number of hydrogen-bond acceptors (Lipinski definition) is 26. The summed E-state index contributed by atoms with van der Waals surface area (Å²) < 4.78 is 75.7. The van der Waals surface area contributed by atoms with E-state index in [4.69, 9.17) is 23.7 Å². The molecule has 0 radical (unpaired) electrons. The molecular formula is C105H104BrF3N15O17PS3. The number of benzene rings is 8. The predicted octanol–water partition coefficient (Wildman–Crippen LogP) is 15.0. The van der Waals surface area contributed by atoms with Crippen molar-refractivity contribution in [2.45, 2.75) is 138 Å². The fraction of sp³-hybridized carbons (Fsp3) is 0.257. The number of nitrogens with zero attached hydrogens (tertiary/aromatic N) is 15. The quantitative estimate of drug-likeness (QED) is 0.0231. The van der Waals surface area contributed by atoms with Crippen LogP contribution in [0.15, 0.2) is 279 Å². The van der Waals surface area contributed by atoms with Crippen LogP contribution < -0.4 is 63.9 Å². The number of ether oxygens (including phenoxy) is 5. The molecular weight excluding hydrogens is 2010 g/mol. The van der Waals surface area contributed by atoms with E-state index >= 15 is 0 Å². The molecule has 752 valence electrons. The summed E-state index contributed by atoms with van der Waals surface area (Å²) in [6.45, 7) is 21.7. The molecule has 8 aromatic carbocycles. The molecule has 0 aliphatic heterocycles. The molecule has 0 aliphatic rings. The van der Waals surface area contributed by atoms with E-state index in [0.717, 1.165) is 92.2 Å². The average molecular weight is 2110 g/mol. The number of methoxy groups -OCH3 is 3. The predicted molar refractivity (Wildman–Crippen MR) is 558 cm³/mol. The van der Waals surface area contributed by atoms with Crippen LogP contribution in [0, 0.1) is 44.1 Å². The Labute approximate surface area is 848 Å². The number of aryl methyl sites for hydroxylation is 3. The van der Waals surface area contributed by atoms with Crippen LogP contribution in [0.3, 0.4) is 0 Å². The Hall–Kier alpha value is -14.9. The average Bonchev–Trinajstić information content (AvgIpc) is 1.65. The molecule has 0 spiro atoms.